The second-order valence-corrected chi connectivity index (χ2v) is 4.24. The van der Waals surface area contributed by atoms with Crippen LogP contribution in [0.25, 0.3) is 0 Å². The average molecular weight is 189 g/mol. The minimum Gasteiger partial charge on any atom is -0.480 e. The molecule has 0 aliphatic heterocycles. The summed E-state index contributed by atoms with van der Waals surface area (Å²) >= 11 is 0. The summed E-state index contributed by atoms with van der Waals surface area (Å²) in [5.74, 6) is -0.853. The third-order valence-corrected chi connectivity index (χ3v) is 1.58. The Bertz CT molecular complexity index is 172. The molecule has 0 saturated heterocycles. The number of carbonyl (C=O) groups is 1. The normalized spacial score (nSPS) is 14.6. The third kappa shape index (κ3) is 5.60. The van der Waals surface area contributed by atoms with Crippen LogP contribution in [0.3, 0.4) is 0 Å². The van der Waals surface area contributed by atoms with Gasteiger partial charge in [-0.05, 0) is 34.9 Å². The summed E-state index contributed by atoms with van der Waals surface area (Å²) in [4.78, 5) is 12.4. The minimum atomic E-state index is -0.853. The summed E-state index contributed by atoms with van der Waals surface area (Å²) in [5, 5.41) is 8.82. The minimum absolute atomic E-state index is 0.214. The van der Waals surface area contributed by atoms with Crippen LogP contribution in [-0.4, -0.2) is 48.3 Å². The lowest BCUT2D eigenvalue weighted by molar-refractivity contribution is -0.146. The molecular formula is C9H19NO3. The smallest absolute Gasteiger partial charge is 0.323 e. The average Bonchev–Trinajstić information content (AvgIpc) is 1.82. The van der Waals surface area contributed by atoms with Crippen LogP contribution in [0.15, 0.2) is 0 Å². The molecule has 4 heteroatoms. The Morgan fingerprint density at radius 1 is 1.46 bits per heavy atom. The van der Waals surface area contributed by atoms with Gasteiger partial charge in [-0.25, -0.2) is 0 Å². The second-order valence-electron chi connectivity index (χ2n) is 4.24. The summed E-state index contributed by atoms with van der Waals surface area (Å²) < 4.78 is 5.39. The van der Waals surface area contributed by atoms with E-state index in [0.717, 1.165) is 0 Å². The summed E-state index contributed by atoms with van der Waals surface area (Å²) in [6.45, 7) is 5.93. The number of hydrogen-bond donors (Lipinski definition) is 1. The Morgan fingerprint density at radius 3 is 2.15 bits per heavy atom. The number of nitrogens with zero attached hydrogens (tertiary/aromatic N) is 1. The van der Waals surface area contributed by atoms with Crippen LogP contribution < -0.4 is 0 Å². The van der Waals surface area contributed by atoms with E-state index in [1.807, 2.05) is 20.8 Å². The van der Waals surface area contributed by atoms with Gasteiger partial charge in [0.1, 0.15) is 6.04 Å². The van der Waals surface area contributed by atoms with E-state index >= 15 is 0 Å². The lowest BCUT2D eigenvalue weighted by Gasteiger charge is -2.25. The Balaban J connectivity index is 4.06. The van der Waals surface area contributed by atoms with E-state index in [0.29, 0.717) is 0 Å². The van der Waals surface area contributed by atoms with E-state index in [4.69, 9.17) is 9.84 Å². The number of carboxylic acids is 1. The van der Waals surface area contributed by atoms with E-state index in [-0.39, 0.29) is 12.2 Å². The highest BCUT2D eigenvalue weighted by Gasteiger charge is 2.22. The van der Waals surface area contributed by atoms with Crippen LogP contribution in [-0.2, 0) is 9.53 Å². The standard InChI is InChI=1S/C9H19NO3/c1-9(2,3)13-6-7(8(11)12)10(4)5/h7H,6H2,1-5H3,(H,11,12). The molecule has 0 rings (SSSR count). The zero-order valence-corrected chi connectivity index (χ0v) is 9.00. The van der Waals surface area contributed by atoms with Gasteiger partial charge in [0, 0.05) is 0 Å². The number of aliphatic carboxylic acids is 1. The van der Waals surface area contributed by atoms with Crippen LogP contribution in [0.5, 0.6) is 0 Å². The van der Waals surface area contributed by atoms with Crippen LogP contribution in [0.2, 0.25) is 0 Å². The van der Waals surface area contributed by atoms with Gasteiger partial charge in [0.05, 0.1) is 12.2 Å². The van der Waals surface area contributed by atoms with E-state index in [1.165, 1.54) is 0 Å². The lowest BCUT2D eigenvalue weighted by Crippen LogP contribution is -2.41. The van der Waals surface area contributed by atoms with Crippen molar-refractivity contribution in [2.24, 2.45) is 0 Å². The molecule has 4 nitrogen and oxygen atoms in total. The molecule has 1 N–H and O–H groups in total. The van der Waals surface area contributed by atoms with Crippen LogP contribution in [0.1, 0.15) is 20.8 Å². The van der Waals surface area contributed by atoms with Gasteiger partial charge in [-0.2, -0.15) is 0 Å². The molecular weight excluding hydrogens is 170 g/mol. The monoisotopic (exact) mass is 189 g/mol. The van der Waals surface area contributed by atoms with Crippen molar-refractivity contribution < 1.29 is 14.6 Å². The van der Waals surface area contributed by atoms with E-state index in [1.54, 1.807) is 19.0 Å². The van der Waals surface area contributed by atoms with E-state index in [2.05, 4.69) is 0 Å². The molecule has 0 heterocycles. The van der Waals surface area contributed by atoms with E-state index < -0.39 is 12.0 Å². The molecule has 0 fully saturated rings. The van der Waals surface area contributed by atoms with Gasteiger partial charge in [-0.15, -0.1) is 0 Å². The summed E-state index contributed by atoms with van der Waals surface area (Å²) in [5.41, 5.74) is -0.288. The van der Waals surface area contributed by atoms with Crippen molar-refractivity contribution >= 4 is 5.97 Å². The molecule has 0 aliphatic rings. The molecule has 13 heavy (non-hydrogen) atoms. The fourth-order valence-corrected chi connectivity index (χ4v) is 0.770. The number of ether oxygens (including phenoxy) is 1. The first kappa shape index (κ1) is 12.4. The highest BCUT2D eigenvalue weighted by atomic mass is 16.5. The maximum Gasteiger partial charge on any atom is 0.323 e. The SMILES string of the molecule is CN(C)C(COC(C)(C)C)C(=O)O. The van der Waals surface area contributed by atoms with Crippen molar-refractivity contribution in [2.45, 2.75) is 32.4 Å². The number of likely N-dealkylation sites (N-methyl/N-ethyl adjacent to an activating group) is 1. The van der Waals surface area contributed by atoms with Gasteiger partial charge in [-0.3, -0.25) is 9.69 Å². The second kappa shape index (κ2) is 4.58. The molecule has 0 aliphatic carbocycles. The summed E-state index contributed by atoms with van der Waals surface area (Å²) in [6.07, 6.45) is 0. The number of hydrogen-bond acceptors (Lipinski definition) is 3. The highest BCUT2D eigenvalue weighted by molar-refractivity contribution is 5.73. The molecule has 0 saturated carbocycles. The van der Waals surface area contributed by atoms with Gasteiger partial charge < -0.3 is 9.84 Å². The largest absolute Gasteiger partial charge is 0.480 e. The van der Waals surface area contributed by atoms with Crippen molar-refractivity contribution in [3.63, 3.8) is 0 Å². The van der Waals surface area contributed by atoms with Gasteiger partial charge in [0.25, 0.3) is 0 Å². The molecule has 1 atom stereocenters. The van der Waals surface area contributed by atoms with Crippen LogP contribution in [0.4, 0.5) is 0 Å². The van der Waals surface area contributed by atoms with Crippen molar-refractivity contribution in [2.75, 3.05) is 20.7 Å². The van der Waals surface area contributed by atoms with E-state index in [9.17, 15) is 4.79 Å². The maximum absolute atomic E-state index is 10.7. The molecule has 1 unspecified atom stereocenters. The van der Waals surface area contributed by atoms with Crippen molar-refractivity contribution in [3.8, 4) is 0 Å². The number of carboxylic acid groups (broad SMARTS) is 1. The van der Waals surface area contributed by atoms with Crippen LogP contribution in [0, 0.1) is 0 Å². The first-order valence-corrected chi connectivity index (χ1v) is 4.27. The predicted molar refractivity (Wildman–Crippen MR) is 50.8 cm³/mol. The molecule has 0 aromatic heterocycles. The fourth-order valence-electron chi connectivity index (χ4n) is 0.770. The summed E-state index contributed by atoms with van der Waals surface area (Å²) in [7, 11) is 3.45. The van der Waals surface area contributed by atoms with Crippen molar-refractivity contribution in [3.05, 3.63) is 0 Å². The Labute approximate surface area is 79.5 Å². The van der Waals surface area contributed by atoms with Crippen LogP contribution >= 0.6 is 0 Å². The topological polar surface area (TPSA) is 49.8 Å². The predicted octanol–water partition coefficient (Wildman–Crippen LogP) is 0.816. The lowest BCUT2D eigenvalue weighted by atomic mass is 10.2. The van der Waals surface area contributed by atoms with Gasteiger partial charge in [0.2, 0.25) is 0 Å². The highest BCUT2D eigenvalue weighted by Crippen LogP contribution is 2.08. The number of rotatable bonds is 4. The molecule has 0 aromatic rings. The van der Waals surface area contributed by atoms with Gasteiger partial charge in [-0.1, -0.05) is 0 Å². The van der Waals surface area contributed by atoms with Crippen molar-refractivity contribution in [1.82, 2.24) is 4.90 Å². The van der Waals surface area contributed by atoms with Gasteiger partial charge in [0.15, 0.2) is 0 Å². The molecule has 0 spiro atoms. The quantitative estimate of drug-likeness (QED) is 0.711. The molecule has 0 aromatic carbocycles. The first-order valence-electron chi connectivity index (χ1n) is 4.27. The van der Waals surface area contributed by atoms with Gasteiger partial charge >= 0.3 is 5.97 Å². The molecule has 78 valence electrons. The third-order valence-electron chi connectivity index (χ3n) is 1.58. The Hall–Kier alpha value is -0.610. The zero-order valence-electron chi connectivity index (χ0n) is 9.00. The van der Waals surface area contributed by atoms with Crippen molar-refractivity contribution in [1.29, 1.82) is 0 Å². The Kier molecular flexibility index (Phi) is 4.36. The molecule has 0 radical (unpaired) electrons. The zero-order chi connectivity index (χ0) is 10.6. The Morgan fingerprint density at radius 2 is 1.92 bits per heavy atom. The fraction of sp³-hybridized carbons (Fsp3) is 0.889. The molecule has 0 bridgehead atoms. The first-order chi connectivity index (χ1) is 5.74. The molecule has 0 amide bonds. The maximum atomic E-state index is 10.7. The summed E-state index contributed by atoms with van der Waals surface area (Å²) in [6, 6.07) is -0.570.